The zero-order chi connectivity index (χ0) is 10.3. The largest absolute Gasteiger partial charge is 0.481 e. The Kier molecular flexibility index (Phi) is 2.02. The van der Waals surface area contributed by atoms with Gasteiger partial charge >= 0.3 is 5.97 Å². The standard InChI is InChI=1S/C9H11NO4/c11-7-5-2-1-4(9(13)14)3-6(5)8(12)10-7/h4-6H,1-3H2,(H,13,14)(H,10,11,12). The smallest absolute Gasteiger partial charge is 0.306 e. The summed E-state index contributed by atoms with van der Waals surface area (Å²) in [6.45, 7) is 0. The van der Waals surface area contributed by atoms with Gasteiger partial charge in [-0.2, -0.15) is 0 Å². The molecule has 2 amide bonds. The van der Waals surface area contributed by atoms with Crippen molar-refractivity contribution in [2.24, 2.45) is 17.8 Å². The number of nitrogens with one attached hydrogen (secondary N) is 1. The molecule has 1 saturated heterocycles. The number of fused-ring (bicyclic) bond motifs is 1. The molecule has 1 aliphatic carbocycles. The van der Waals surface area contributed by atoms with Crippen LogP contribution in [0.2, 0.25) is 0 Å². The van der Waals surface area contributed by atoms with Gasteiger partial charge in [0.25, 0.3) is 0 Å². The topological polar surface area (TPSA) is 83.5 Å². The maximum Gasteiger partial charge on any atom is 0.306 e. The van der Waals surface area contributed by atoms with E-state index < -0.39 is 17.8 Å². The van der Waals surface area contributed by atoms with Crippen LogP contribution in [0.5, 0.6) is 0 Å². The van der Waals surface area contributed by atoms with Gasteiger partial charge < -0.3 is 5.11 Å². The molecule has 0 aromatic heterocycles. The lowest BCUT2D eigenvalue weighted by molar-refractivity contribution is -0.144. The van der Waals surface area contributed by atoms with Gasteiger partial charge in [0, 0.05) is 0 Å². The Hall–Kier alpha value is -1.39. The van der Waals surface area contributed by atoms with E-state index in [0.717, 1.165) is 0 Å². The molecule has 2 N–H and O–H groups in total. The van der Waals surface area contributed by atoms with Crippen molar-refractivity contribution < 1.29 is 19.5 Å². The molecule has 1 heterocycles. The van der Waals surface area contributed by atoms with E-state index in [1.54, 1.807) is 0 Å². The highest BCUT2D eigenvalue weighted by Gasteiger charge is 2.46. The molecule has 0 spiro atoms. The van der Waals surface area contributed by atoms with Gasteiger partial charge in [0.15, 0.2) is 0 Å². The first-order valence-corrected chi connectivity index (χ1v) is 4.67. The van der Waals surface area contributed by atoms with Crippen molar-refractivity contribution in [2.45, 2.75) is 19.3 Å². The molecule has 1 aliphatic heterocycles. The van der Waals surface area contributed by atoms with Gasteiger partial charge in [-0.25, -0.2) is 0 Å². The third kappa shape index (κ3) is 1.29. The van der Waals surface area contributed by atoms with Crippen molar-refractivity contribution in [3.8, 4) is 0 Å². The third-order valence-electron chi connectivity index (χ3n) is 3.12. The van der Waals surface area contributed by atoms with Gasteiger partial charge in [-0.05, 0) is 19.3 Å². The highest BCUT2D eigenvalue weighted by atomic mass is 16.4. The molecule has 3 atom stereocenters. The maximum absolute atomic E-state index is 11.3. The number of carbonyl (C=O) groups excluding carboxylic acids is 2. The summed E-state index contributed by atoms with van der Waals surface area (Å²) in [6, 6.07) is 0. The molecule has 3 unspecified atom stereocenters. The van der Waals surface area contributed by atoms with Crippen molar-refractivity contribution in [1.29, 1.82) is 0 Å². The quantitative estimate of drug-likeness (QED) is 0.568. The summed E-state index contributed by atoms with van der Waals surface area (Å²) in [5.41, 5.74) is 0. The van der Waals surface area contributed by atoms with E-state index in [0.29, 0.717) is 19.3 Å². The van der Waals surface area contributed by atoms with E-state index in [9.17, 15) is 14.4 Å². The monoisotopic (exact) mass is 197 g/mol. The van der Waals surface area contributed by atoms with Crippen LogP contribution in [0.3, 0.4) is 0 Å². The third-order valence-corrected chi connectivity index (χ3v) is 3.12. The van der Waals surface area contributed by atoms with Gasteiger partial charge in [0.2, 0.25) is 11.8 Å². The Bertz CT molecular complexity index is 312. The highest BCUT2D eigenvalue weighted by Crippen LogP contribution is 2.37. The predicted octanol–water partition coefficient (Wildman–Crippen LogP) is -0.240. The van der Waals surface area contributed by atoms with Crippen molar-refractivity contribution in [3.05, 3.63) is 0 Å². The number of amides is 2. The lowest BCUT2D eigenvalue weighted by atomic mass is 9.75. The summed E-state index contributed by atoms with van der Waals surface area (Å²) in [5.74, 6) is -2.55. The second-order valence-corrected chi connectivity index (χ2v) is 3.91. The van der Waals surface area contributed by atoms with E-state index in [1.807, 2.05) is 0 Å². The van der Waals surface area contributed by atoms with Crippen molar-refractivity contribution >= 4 is 17.8 Å². The lowest BCUT2D eigenvalue weighted by Gasteiger charge is -2.25. The van der Waals surface area contributed by atoms with Crippen molar-refractivity contribution in [1.82, 2.24) is 5.32 Å². The summed E-state index contributed by atoms with van der Waals surface area (Å²) in [7, 11) is 0. The number of hydrogen-bond donors (Lipinski definition) is 2. The molecule has 0 bridgehead atoms. The first-order chi connectivity index (χ1) is 6.59. The van der Waals surface area contributed by atoms with Crippen LogP contribution in [0, 0.1) is 17.8 Å². The number of imide groups is 1. The number of carboxylic acid groups (broad SMARTS) is 1. The number of aliphatic carboxylic acids is 1. The molecule has 2 aliphatic rings. The summed E-state index contributed by atoms with van der Waals surface area (Å²) >= 11 is 0. The molecule has 2 rings (SSSR count). The average Bonchev–Trinajstić information content (AvgIpc) is 2.42. The van der Waals surface area contributed by atoms with Crippen molar-refractivity contribution in [2.75, 3.05) is 0 Å². The molecule has 5 heteroatoms. The second kappa shape index (κ2) is 3.08. The van der Waals surface area contributed by atoms with Crippen molar-refractivity contribution in [3.63, 3.8) is 0 Å². The summed E-state index contributed by atoms with van der Waals surface area (Å²) in [5, 5.41) is 11.0. The van der Waals surface area contributed by atoms with Crippen LogP contribution in [0.15, 0.2) is 0 Å². The normalized spacial score (nSPS) is 36.4. The summed E-state index contributed by atoms with van der Waals surface area (Å²) in [6.07, 6.45) is 1.31. The Morgan fingerprint density at radius 3 is 2.50 bits per heavy atom. The van der Waals surface area contributed by atoms with E-state index in [4.69, 9.17) is 5.11 Å². The number of rotatable bonds is 1. The molecule has 0 aromatic carbocycles. The van der Waals surface area contributed by atoms with Crippen LogP contribution >= 0.6 is 0 Å². The fourth-order valence-electron chi connectivity index (χ4n) is 2.31. The Balaban J connectivity index is 2.13. The van der Waals surface area contributed by atoms with Gasteiger partial charge in [0.1, 0.15) is 0 Å². The average molecular weight is 197 g/mol. The first-order valence-electron chi connectivity index (χ1n) is 4.67. The first kappa shape index (κ1) is 9.18. The van der Waals surface area contributed by atoms with Gasteiger partial charge in [0.05, 0.1) is 17.8 Å². The summed E-state index contributed by atoms with van der Waals surface area (Å²) < 4.78 is 0. The van der Waals surface area contributed by atoms with E-state index >= 15 is 0 Å². The lowest BCUT2D eigenvalue weighted by Crippen LogP contribution is -2.30. The van der Waals surface area contributed by atoms with Crippen LogP contribution in [0.4, 0.5) is 0 Å². The fourth-order valence-corrected chi connectivity index (χ4v) is 2.31. The van der Waals surface area contributed by atoms with E-state index in [-0.39, 0.29) is 17.7 Å². The van der Waals surface area contributed by atoms with Gasteiger partial charge in [-0.15, -0.1) is 0 Å². The number of carbonyl (C=O) groups is 3. The van der Waals surface area contributed by atoms with Crippen LogP contribution in [-0.2, 0) is 14.4 Å². The predicted molar refractivity (Wildman–Crippen MR) is 45.1 cm³/mol. The molecule has 14 heavy (non-hydrogen) atoms. The van der Waals surface area contributed by atoms with Crippen LogP contribution in [0.1, 0.15) is 19.3 Å². The van der Waals surface area contributed by atoms with E-state index in [1.165, 1.54) is 0 Å². The fraction of sp³-hybridized carbons (Fsp3) is 0.667. The Morgan fingerprint density at radius 1 is 1.21 bits per heavy atom. The number of hydrogen-bond acceptors (Lipinski definition) is 3. The molecule has 0 aromatic rings. The molecule has 5 nitrogen and oxygen atoms in total. The van der Waals surface area contributed by atoms with Gasteiger partial charge in [-0.3, -0.25) is 19.7 Å². The molecule has 0 radical (unpaired) electrons. The van der Waals surface area contributed by atoms with Crippen LogP contribution < -0.4 is 5.32 Å². The van der Waals surface area contributed by atoms with Crippen LogP contribution in [0.25, 0.3) is 0 Å². The minimum absolute atomic E-state index is 0.233. The zero-order valence-corrected chi connectivity index (χ0v) is 7.53. The minimum atomic E-state index is -0.865. The minimum Gasteiger partial charge on any atom is -0.481 e. The van der Waals surface area contributed by atoms with Gasteiger partial charge in [-0.1, -0.05) is 0 Å². The number of carboxylic acids is 1. The second-order valence-electron chi connectivity index (χ2n) is 3.91. The Morgan fingerprint density at radius 2 is 1.86 bits per heavy atom. The zero-order valence-electron chi connectivity index (χ0n) is 7.53. The van der Waals surface area contributed by atoms with E-state index in [2.05, 4.69) is 5.32 Å². The Labute approximate surface area is 80.5 Å². The molecule has 2 fully saturated rings. The SMILES string of the molecule is O=C(O)C1CCC2C(=O)NC(=O)C2C1. The maximum atomic E-state index is 11.3. The summed E-state index contributed by atoms with van der Waals surface area (Å²) in [4.78, 5) is 33.2. The molecule has 76 valence electrons. The highest BCUT2D eigenvalue weighted by molar-refractivity contribution is 6.05. The molecular formula is C9H11NO4. The molecular weight excluding hydrogens is 186 g/mol. The van der Waals surface area contributed by atoms with Crippen LogP contribution in [-0.4, -0.2) is 22.9 Å². The molecule has 1 saturated carbocycles.